The Kier molecular flexibility index (Phi) is 8.57. The Morgan fingerprint density at radius 1 is 1.06 bits per heavy atom. The van der Waals surface area contributed by atoms with Crippen molar-refractivity contribution < 1.29 is 57.5 Å². The van der Waals surface area contributed by atoms with Crippen LogP contribution in [0.2, 0.25) is 0 Å². The first kappa shape index (κ1) is 36.0. The van der Waals surface area contributed by atoms with Crippen LogP contribution in [-0.4, -0.2) is 95.0 Å². The van der Waals surface area contributed by atoms with Crippen LogP contribution in [0, 0.1) is 11.3 Å². The van der Waals surface area contributed by atoms with E-state index in [1.165, 1.54) is 25.1 Å². The number of fused-ring (bicyclic) bond motifs is 3. The van der Waals surface area contributed by atoms with Gasteiger partial charge in [0.2, 0.25) is 5.78 Å². The molecule has 18 heteroatoms. The van der Waals surface area contributed by atoms with E-state index < -0.39 is 87.0 Å². The zero-order valence-electron chi connectivity index (χ0n) is 27.4. The number of likely N-dealkylation sites (N-methyl/N-ethyl adjacent to an activating group) is 1. The lowest BCUT2D eigenvalue weighted by atomic mass is 9.52. The van der Waals surface area contributed by atoms with Gasteiger partial charge in [0.15, 0.2) is 17.1 Å². The summed E-state index contributed by atoms with van der Waals surface area (Å²) in [5, 5.41) is 49.2. The number of phenols is 1. The zero-order chi connectivity index (χ0) is 37.4. The van der Waals surface area contributed by atoms with Crippen molar-refractivity contribution in [3.05, 3.63) is 58.4 Å². The van der Waals surface area contributed by atoms with Crippen LogP contribution in [0.15, 0.2) is 47.2 Å². The third-order valence-electron chi connectivity index (χ3n) is 9.40. The highest BCUT2D eigenvalue weighted by Crippen LogP contribution is 2.59. The normalized spacial score (nSPS) is 24.8. The number of aliphatic hydroxyl groups is 3. The molecule has 9 N–H and O–H groups in total. The molecule has 0 aromatic heterocycles. The first-order chi connectivity index (χ1) is 23.0. The Hall–Kier alpha value is -5.33. The number of hydrogen-bond acceptors (Lipinski definition) is 12. The predicted molar refractivity (Wildman–Crippen MR) is 172 cm³/mol. The molecule has 3 amide bonds. The number of ether oxygens (including phenoxy) is 1. The molecule has 2 aromatic carbocycles. The number of aliphatic hydroxyl groups excluding tert-OH is 2. The van der Waals surface area contributed by atoms with Crippen molar-refractivity contribution >= 4 is 46.3 Å². The number of alkyl halides is 3. The second-order valence-electron chi connectivity index (χ2n) is 13.1. The number of carbonyl (C=O) groups excluding carboxylic acids is 4. The zero-order valence-corrected chi connectivity index (χ0v) is 27.4. The number of nitrogens with two attached hydrogens (primary N) is 2. The maximum Gasteiger partial charge on any atom is 0.573 e. The SMILES string of the molecule is CN(C)c1cc(NC(=O)N(N)c2ccc(OC(F)(F)F)cc2)c(O)c2c1C[C@@]1(C)C[C@H]3[C@H](N(C)C)C(=O)C(C(N)=O)=C(O)[C@@]3(O)C(=O)C1=C2O. The van der Waals surface area contributed by atoms with Crippen LogP contribution >= 0.6 is 0 Å². The predicted octanol–water partition coefficient (Wildman–Crippen LogP) is 2.23. The Balaban J connectivity index is 1.61. The van der Waals surface area contributed by atoms with Gasteiger partial charge in [-0.2, -0.15) is 0 Å². The number of urea groups is 1. The summed E-state index contributed by atoms with van der Waals surface area (Å²) >= 11 is 0. The Bertz CT molecular complexity index is 1890. The van der Waals surface area contributed by atoms with Crippen LogP contribution in [0.3, 0.4) is 0 Å². The molecule has 3 aliphatic carbocycles. The highest BCUT2D eigenvalue weighted by molar-refractivity contribution is 6.24. The largest absolute Gasteiger partial charge is 0.573 e. The quantitative estimate of drug-likeness (QED) is 0.0755. The van der Waals surface area contributed by atoms with E-state index in [0.29, 0.717) is 16.3 Å². The number of hydrogen-bond donors (Lipinski definition) is 7. The number of anilines is 3. The molecule has 0 bridgehead atoms. The van der Waals surface area contributed by atoms with E-state index in [2.05, 4.69) is 10.1 Å². The Morgan fingerprint density at radius 2 is 1.66 bits per heavy atom. The van der Waals surface area contributed by atoms with Crippen LogP contribution in [0.25, 0.3) is 5.76 Å². The molecule has 0 unspecified atom stereocenters. The number of nitrogens with one attached hydrogen (secondary N) is 1. The van der Waals surface area contributed by atoms with Gasteiger partial charge in [0.05, 0.1) is 23.0 Å². The van der Waals surface area contributed by atoms with E-state index in [9.17, 15) is 52.8 Å². The highest BCUT2D eigenvalue weighted by atomic mass is 19.4. The van der Waals surface area contributed by atoms with E-state index in [1.54, 1.807) is 25.9 Å². The first-order valence-electron chi connectivity index (χ1n) is 15.0. The van der Waals surface area contributed by atoms with Gasteiger partial charge in [0, 0.05) is 36.7 Å². The summed E-state index contributed by atoms with van der Waals surface area (Å²) in [6, 6.07) is 3.06. The van der Waals surface area contributed by atoms with Crippen LogP contribution in [-0.2, 0) is 20.8 Å². The van der Waals surface area contributed by atoms with Crippen molar-refractivity contribution in [2.45, 2.75) is 37.8 Å². The lowest BCUT2D eigenvalue weighted by molar-refractivity contribution is -0.274. The average Bonchev–Trinajstić information content (AvgIpc) is 2.98. The lowest BCUT2D eigenvalue weighted by Gasteiger charge is -2.54. The molecule has 5 rings (SSSR count). The van der Waals surface area contributed by atoms with Crippen LogP contribution in [0.5, 0.6) is 11.5 Å². The van der Waals surface area contributed by atoms with Gasteiger partial charge in [-0.1, -0.05) is 6.92 Å². The minimum atomic E-state index is -4.94. The number of nitrogens with zero attached hydrogens (tertiary/aromatic N) is 3. The first-order valence-corrected chi connectivity index (χ1v) is 15.0. The van der Waals surface area contributed by atoms with Gasteiger partial charge in [-0.25, -0.2) is 15.6 Å². The molecule has 0 spiro atoms. The molecule has 1 fully saturated rings. The molecule has 15 nitrogen and oxygen atoms in total. The molecule has 0 heterocycles. The summed E-state index contributed by atoms with van der Waals surface area (Å²) in [6.07, 6.45) is -5.13. The van der Waals surface area contributed by atoms with Gasteiger partial charge >= 0.3 is 12.4 Å². The summed E-state index contributed by atoms with van der Waals surface area (Å²) in [7, 11) is 6.26. The maximum absolute atomic E-state index is 14.3. The summed E-state index contributed by atoms with van der Waals surface area (Å²) < 4.78 is 41.5. The van der Waals surface area contributed by atoms with Gasteiger partial charge in [-0.3, -0.25) is 19.3 Å². The van der Waals surface area contributed by atoms with Gasteiger partial charge in [0.1, 0.15) is 22.8 Å². The monoisotopic (exact) mass is 704 g/mol. The van der Waals surface area contributed by atoms with E-state index in [4.69, 9.17) is 11.6 Å². The van der Waals surface area contributed by atoms with Crippen molar-refractivity contribution in [1.29, 1.82) is 0 Å². The fraction of sp³-hybridized carbons (Fsp3) is 0.375. The number of rotatable bonds is 6. The standard InChI is InChI=1S/C32H35F3N6O9/c1-30-11-15-18(39(2)3)10-17(38-29(48)41(37)13-6-8-14(9-7-13)50-32(33,34)35)23(42)19(15)24(43)21(30)27(46)31(49)16(12-30)22(40(4)5)25(44)20(26(31)45)28(36)47/h6-10,16,22,42-43,45,49H,11-12,37H2,1-5H3,(H2,36,47)(H,38,48)/t16-,22-,30-,31+/m0/s1. The second kappa shape index (κ2) is 11.9. The van der Waals surface area contributed by atoms with Crippen molar-refractivity contribution in [1.82, 2.24) is 4.90 Å². The summed E-state index contributed by atoms with van der Waals surface area (Å²) in [6.45, 7) is 1.62. The molecule has 50 heavy (non-hydrogen) atoms. The van der Waals surface area contributed by atoms with E-state index in [-0.39, 0.29) is 29.8 Å². The van der Waals surface area contributed by atoms with Gasteiger partial charge in [-0.15, -0.1) is 13.2 Å². The Labute approximate surface area is 282 Å². The van der Waals surface area contributed by atoms with Gasteiger partial charge in [0.25, 0.3) is 5.91 Å². The van der Waals surface area contributed by atoms with E-state index >= 15 is 0 Å². The molecule has 1 saturated carbocycles. The van der Waals surface area contributed by atoms with E-state index in [1.807, 2.05) is 0 Å². The average molecular weight is 705 g/mol. The molecule has 268 valence electrons. The van der Waals surface area contributed by atoms with Crippen LogP contribution in [0.4, 0.5) is 35.0 Å². The molecule has 3 aliphatic rings. The number of amides is 3. The molecule has 4 atom stereocenters. The third kappa shape index (κ3) is 5.54. The molecule has 0 saturated heterocycles. The van der Waals surface area contributed by atoms with Gasteiger partial charge in [-0.05, 0) is 62.8 Å². The van der Waals surface area contributed by atoms with Crippen LogP contribution in [0.1, 0.15) is 24.5 Å². The summed E-state index contributed by atoms with van der Waals surface area (Å²) in [4.78, 5) is 56.2. The number of halogens is 3. The fourth-order valence-electron chi connectivity index (χ4n) is 7.26. The van der Waals surface area contributed by atoms with Gasteiger partial charge < -0.3 is 41.1 Å². The minimum Gasteiger partial charge on any atom is -0.508 e. The fourth-order valence-corrected chi connectivity index (χ4v) is 7.26. The number of aromatic hydroxyl groups is 1. The molecular weight excluding hydrogens is 669 g/mol. The lowest BCUT2D eigenvalue weighted by Crippen LogP contribution is -2.67. The smallest absolute Gasteiger partial charge is 0.508 e. The molecular formula is C32H35F3N6O9. The summed E-state index contributed by atoms with van der Waals surface area (Å²) in [5.74, 6) is -2.15. The van der Waals surface area contributed by atoms with Crippen molar-refractivity contribution in [2.24, 2.45) is 22.9 Å². The number of hydrazine groups is 1. The van der Waals surface area contributed by atoms with Crippen molar-refractivity contribution in [2.75, 3.05) is 43.4 Å². The Morgan fingerprint density at radius 3 is 2.18 bits per heavy atom. The number of phenolic OH excluding ortho intramolecular Hbond substituents is 1. The number of carbonyl (C=O) groups is 4. The third-order valence-corrected chi connectivity index (χ3v) is 9.40. The minimum absolute atomic E-state index is 0.0355. The maximum atomic E-state index is 14.3. The van der Waals surface area contributed by atoms with Crippen LogP contribution < -0.4 is 31.5 Å². The number of Topliss-reactive ketones (excluding diaryl/α,β-unsaturated/α-hetero) is 2. The summed E-state index contributed by atoms with van der Waals surface area (Å²) in [5.41, 5.74) is -0.0786. The van der Waals surface area contributed by atoms with Crippen molar-refractivity contribution in [3.8, 4) is 11.5 Å². The number of primary amides is 1. The second-order valence-corrected chi connectivity index (χ2v) is 13.1. The molecule has 0 aliphatic heterocycles. The number of ketones is 2. The van der Waals surface area contributed by atoms with Crippen molar-refractivity contribution in [3.63, 3.8) is 0 Å². The topological polar surface area (TPSA) is 232 Å². The number of benzene rings is 2. The molecule has 0 radical (unpaired) electrons. The highest BCUT2D eigenvalue weighted by Gasteiger charge is 2.66. The molecule has 2 aromatic rings. The van der Waals surface area contributed by atoms with E-state index in [0.717, 1.165) is 24.3 Å².